The van der Waals surface area contributed by atoms with E-state index in [0.717, 1.165) is 0 Å². The number of likely N-dealkylation sites (tertiary alicyclic amines) is 1. The zero-order chi connectivity index (χ0) is 36.6. The predicted molar refractivity (Wildman–Crippen MR) is 178 cm³/mol. The van der Waals surface area contributed by atoms with Gasteiger partial charge in [-0.1, -0.05) is 24.3 Å². The van der Waals surface area contributed by atoms with Crippen molar-refractivity contribution in [1.82, 2.24) is 25.2 Å². The molecule has 2 aliphatic carbocycles. The molecule has 2 saturated carbocycles. The molecular weight excluding hydrogens is 673 g/mol. The van der Waals surface area contributed by atoms with E-state index in [-0.39, 0.29) is 38.9 Å². The molecule has 1 aromatic rings. The van der Waals surface area contributed by atoms with E-state index in [1.54, 1.807) is 39.0 Å². The minimum absolute atomic E-state index is 0.0199. The van der Waals surface area contributed by atoms with Gasteiger partial charge in [-0.15, -0.1) is 13.2 Å². The summed E-state index contributed by atoms with van der Waals surface area (Å²) in [6.07, 6.45) is 1.58. The number of carbonyl (C=O) groups excluding carboxylic acids is 5. The van der Waals surface area contributed by atoms with Crippen molar-refractivity contribution in [2.75, 3.05) is 6.54 Å². The SMILES string of the molecule is C=CCC[C@H](NC(=O)OC(C)(C)C)C(=O)N1C[C@H](OC(=O)N2Cc3cccc(F)c3C2)CC1C(=O)N[C@]1(C(=O)NS(=O)(=O)C2CC2)C[C@H]1C=C. The summed E-state index contributed by atoms with van der Waals surface area (Å²) in [5.74, 6) is -3.38. The summed E-state index contributed by atoms with van der Waals surface area (Å²) in [4.78, 5) is 70.0. The van der Waals surface area contributed by atoms with Gasteiger partial charge >= 0.3 is 12.2 Å². The number of hydrogen-bond acceptors (Lipinski definition) is 9. The van der Waals surface area contributed by atoms with Crippen molar-refractivity contribution in [2.24, 2.45) is 5.92 Å². The van der Waals surface area contributed by atoms with Crippen LogP contribution in [-0.4, -0.2) is 89.2 Å². The molecule has 2 heterocycles. The number of nitrogens with one attached hydrogen (secondary N) is 3. The van der Waals surface area contributed by atoms with Crippen molar-refractivity contribution in [3.8, 4) is 0 Å². The maximum atomic E-state index is 14.4. The maximum absolute atomic E-state index is 14.4. The summed E-state index contributed by atoms with van der Waals surface area (Å²) in [5.41, 5.74) is -1.48. The summed E-state index contributed by atoms with van der Waals surface area (Å²) < 4.78 is 52.7. The van der Waals surface area contributed by atoms with Crippen LogP contribution in [0.4, 0.5) is 14.0 Å². The molecule has 5 amide bonds. The Balaban J connectivity index is 1.36. The van der Waals surface area contributed by atoms with Gasteiger partial charge in [-0.25, -0.2) is 22.4 Å². The van der Waals surface area contributed by atoms with Crippen LogP contribution in [-0.2, 0) is 47.0 Å². The number of rotatable bonds is 12. The average molecular weight is 718 g/mol. The molecule has 272 valence electrons. The van der Waals surface area contributed by atoms with E-state index in [1.165, 1.54) is 21.9 Å². The van der Waals surface area contributed by atoms with Crippen LogP contribution in [0, 0.1) is 11.7 Å². The standard InChI is InChI=1S/C34H44FN5O9S/c1-6-8-12-26(36-31(44)49-33(3,4)5)29(42)40-18-22(48-32(45)39-17-20-10-9-11-25(35)24(20)19-39)15-27(40)28(41)37-34(16-21(34)7-2)30(43)38-50(46,47)23-13-14-23/h6-7,9-11,21-23,26-27H,1-2,8,12-19H2,3-5H3,(H,36,44)(H,37,41)(H,38,43)/t21-,22-,26+,27?,34-/m1/s1. The Kier molecular flexibility index (Phi) is 10.3. The second kappa shape index (κ2) is 14.0. The number of sulfonamides is 1. The molecule has 4 aliphatic rings. The van der Waals surface area contributed by atoms with Gasteiger partial charge in [-0.2, -0.15) is 0 Å². The highest BCUT2D eigenvalue weighted by atomic mass is 32.2. The van der Waals surface area contributed by atoms with Gasteiger partial charge in [0, 0.05) is 24.4 Å². The van der Waals surface area contributed by atoms with E-state index >= 15 is 0 Å². The fourth-order valence-electron chi connectivity index (χ4n) is 6.31. The van der Waals surface area contributed by atoms with E-state index in [4.69, 9.17) is 9.47 Å². The van der Waals surface area contributed by atoms with Gasteiger partial charge in [-0.3, -0.25) is 24.0 Å². The Morgan fingerprint density at radius 1 is 1.14 bits per heavy atom. The largest absolute Gasteiger partial charge is 0.444 e. The normalized spacial score (nSPS) is 24.8. The van der Waals surface area contributed by atoms with Crippen molar-refractivity contribution in [2.45, 2.75) is 107 Å². The molecule has 5 rings (SSSR count). The molecule has 16 heteroatoms. The van der Waals surface area contributed by atoms with Crippen LogP contribution in [0.2, 0.25) is 0 Å². The highest BCUT2D eigenvalue weighted by Crippen LogP contribution is 2.45. The Morgan fingerprint density at radius 3 is 2.46 bits per heavy atom. The highest BCUT2D eigenvalue weighted by Gasteiger charge is 2.62. The van der Waals surface area contributed by atoms with Crippen LogP contribution >= 0.6 is 0 Å². The Morgan fingerprint density at radius 2 is 1.86 bits per heavy atom. The topological polar surface area (TPSA) is 181 Å². The number of hydrogen-bond donors (Lipinski definition) is 3. The number of alkyl carbamates (subject to hydrolysis) is 1. The molecule has 0 spiro atoms. The number of ether oxygens (including phenoxy) is 2. The molecule has 3 fully saturated rings. The molecule has 50 heavy (non-hydrogen) atoms. The molecule has 2 aliphatic heterocycles. The quantitative estimate of drug-likeness (QED) is 0.274. The number of nitrogens with zero attached hydrogens (tertiary/aromatic N) is 2. The first-order chi connectivity index (χ1) is 23.5. The minimum atomic E-state index is -3.93. The van der Waals surface area contributed by atoms with E-state index in [9.17, 15) is 36.8 Å². The second-order valence-corrected chi connectivity index (χ2v) is 16.2. The zero-order valence-corrected chi connectivity index (χ0v) is 29.2. The second-order valence-electron chi connectivity index (χ2n) is 14.2. The van der Waals surface area contributed by atoms with Gasteiger partial charge < -0.3 is 25.0 Å². The lowest BCUT2D eigenvalue weighted by atomic mass is 10.1. The number of carbonyl (C=O) groups is 5. The molecule has 1 unspecified atom stereocenters. The third-order valence-electron chi connectivity index (χ3n) is 9.20. The number of fused-ring (bicyclic) bond motifs is 1. The van der Waals surface area contributed by atoms with Gasteiger partial charge in [0.15, 0.2) is 0 Å². The van der Waals surface area contributed by atoms with Crippen LogP contribution in [0.25, 0.3) is 0 Å². The van der Waals surface area contributed by atoms with Crippen LogP contribution in [0.1, 0.15) is 70.4 Å². The molecular formula is C34H44FN5O9S. The third-order valence-corrected chi connectivity index (χ3v) is 11.0. The summed E-state index contributed by atoms with van der Waals surface area (Å²) in [7, 11) is -3.93. The fourth-order valence-corrected chi connectivity index (χ4v) is 7.68. The van der Waals surface area contributed by atoms with Crippen molar-refractivity contribution in [3.63, 3.8) is 0 Å². The molecule has 0 radical (unpaired) electrons. The summed E-state index contributed by atoms with van der Waals surface area (Å²) in [5, 5.41) is 4.57. The van der Waals surface area contributed by atoms with Crippen LogP contribution in [0.3, 0.4) is 0 Å². The first-order valence-electron chi connectivity index (χ1n) is 16.6. The smallest absolute Gasteiger partial charge is 0.410 e. The average Bonchev–Trinajstić information content (AvgIpc) is 3.92. The van der Waals surface area contributed by atoms with Crippen LogP contribution in [0.15, 0.2) is 43.5 Å². The van der Waals surface area contributed by atoms with Gasteiger partial charge in [0.1, 0.15) is 35.1 Å². The minimum Gasteiger partial charge on any atom is -0.444 e. The van der Waals surface area contributed by atoms with Crippen molar-refractivity contribution in [3.05, 3.63) is 60.5 Å². The van der Waals surface area contributed by atoms with E-state index in [1.807, 2.05) is 0 Å². The first kappa shape index (κ1) is 36.8. The number of allylic oxidation sites excluding steroid dienone is 1. The van der Waals surface area contributed by atoms with Gasteiger partial charge in [0.05, 0.1) is 18.3 Å². The molecule has 3 N–H and O–H groups in total. The molecule has 14 nitrogen and oxygen atoms in total. The maximum Gasteiger partial charge on any atom is 0.410 e. The lowest BCUT2D eigenvalue weighted by Crippen LogP contribution is -2.58. The zero-order valence-electron chi connectivity index (χ0n) is 28.4. The van der Waals surface area contributed by atoms with E-state index < -0.39 is 86.2 Å². The molecule has 5 atom stereocenters. The van der Waals surface area contributed by atoms with Crippen LogP contribution < -0.4 is 15.4 Å². The van der Waals surface area contributed by atoms with Crippen molar-refractivity contribution >= 4 is 39.9 Å². The van der Waals surface area contributed by atoms with Gasteiger partial charge in [-0.05, 0) is 64.5 Å². The first-order valence-corrected chi connectivity index (χ1v) is 18.2. The Hall–Kier alpha value is -4.47. The van der Waals surface area contributed by atoms with Gasteiger partial charge in [0.2, 0.25) is 21.8 Å². The van der Waals surface area contributed by atoms with E-state index in [2.05, 4.69) is 28.5 Å². The summed E-state index contributed by atoms with van der Waals surface area (Å²) in [6, 6.07) is 2.12. The van der Waals surface area contributed by atoms with Crippen LogP contribution in [0.5, 0.6) is 0 Å². The molecule has 1 aromatic carbocycles. The lowest BCUT2D eigenvalue weighted by Gasteiger charge is -2.30. The van der Waals surface area contributed by atoms with E-state index in [0.29, 0.717) is 30.4 Å². The third kappa shape index (κ3) is 8.11. The highest BCUT2D eigenvalue weighted by molar-refractivity contribution is 7.91. The summed E-state index contributed by atoms with van der Waals surface area (Å²) in [6.45, 7) is 12.2. The predicted octanol–water partition coefficient (Wildman–Crippen LogP) is 2.78. The number of benzene rings is 1. The number of amides is 5. The summed E-state index contributed by atoms with van der Waals surface area (Å²) >= 11 is 0. The molecule has 0 aromatic heterocycles. The molecule has 0 bridgehead atoms. The Labute approximate surface area is 290 Å². The Bertz CT molecular complexity index is 1690. The monoisotopic (exact) mass is 717 g/mol. The van der Waals surface area contributed by atoms with Crippen molar-refractivity contribution < 1.29 is 46.3 Å². The van der Waals surface area contributed by atoms with Crippen molar-refractivity contribution in [1.29, 1.82) is 0 Å². The fraction of sp³-hybridized carbons (Fsp3) is 0.559. The molecule has 1 saturated heterocycles. The van der Waals surface area contributed by atoms with Gasteiger partial charge in [0.25, 0.3) is 5.91 Å². The number of halogens is 1. The lowest BCUT2D eigenvalue weighted by molar-refractivity contribution is -0.141.